The average molecular weight is 363 g/mol. The second kappa shape index (κ2) is 7.25. The van der Waals surface area contributed by atoms with E-state index < -0.39 is 11.5 Å². The fourth-order valence-corrected chi connectivity index (χ4v) is 2.86. The Morgan fingerprint density at radius 1 is 1.37 bits per heavy atom. The summed E-state index contributed by atoms with van der Waals surface area (Å²) in [6.07, 6.45) is 4.59. The van der Waals surface area contributed by atoms with Crippen molar-refractivity contribution in [1.82, 2.24) is 14.4 Å². The molecular formula is C19H17N5O3. The standard InChI is InChI=1S/C19H17N5O3/c1-4-27-19(26)16-14-7-5-6-8-24(14)18(25)13(9-20)17(16)23(3)15-11-21-10-12(2)22-15/h5-8,10-11H,4H2,1-3H3. The second-order valence-corrected chi connectivity index (χ2v) is 5.77. The van der Waals surface area contributed by atoms with E-state index in [2.05, 4.69) is 9.97 Å². The van der Waals surface area contributed by atoms with Crippen molar-refractivity contribution >= 4 is 23.0 Å². The van der Waals surface area contributed by atoms with E-state index in [0.29, 0.717) is 17.0 Å². The molecule has 3 aromatic rings. The van der Waals surface area contributed by atoms with E-state index in [1.165, 1.54) is 21.7 Å². The molecule has 0 atom stereocenters. The lowest BCUT2D eigenvalue weighted by molar-refractivity contribution is 0.0529. The molecule has 3 aromatic heterocycles. The minimum absolute atomic E-state index is 0.124. The lowest BCUT2D eigenvalue weighted by Crippen LogP contribution is -2.27. The quantitative estimate of drug-likeness (QED) is 0.655. The van der Waals surface area contributed by atoms with Gasteiger partial charge in [0.2, 0.25) is 0 Å². The highest BCUT2D eigenvalue weighted by Gasteiger charge is 2.27. The molecule has 8 nitrogen and oxygen atoms in total. The van der Waals surface area contributed by atoms with Gasteiger partial charge in [-0.2, -0.15) is 5.26 Å². The topological polar surface area (TPSA) is 101 Å². The third kappa shape index (κ3) is 3.11. The summed E-state index contributed by atoms with van der Waals surface area (Å²) in [6.45, 7) is 3.62. The minimum atomic E-state index is -0.625. The Morgan fingerprint density at radius 3 is 2.81 bits per heavy atom. The van der Waals surface area contributed by atoms with Crippen molar-refractivity contribution in [3.63, 3.8) is 0 Å². The van der Waals surface area contributed by atoms with Crippen LogP contribution in [0.3, 0.4) is 0 Å². The summed E-state index contributed by atoms with van der Waals surface area (Å²) in [4.78, 5) is 35.6. The van der Waals surface area contributed by atoms with E-state index in [9.17, 15) is 14.9 Å². The molecule has 0 saturated carbocycles. The Hall–Kier alpha value is -3.73. The van der Waals surface area contributed by atoms with Gasteiger partial charge in [0, 0.05) is 19.4 Å². The van der Waals surface area contributed by atoms with Gasteiger partial charge >= 0.3 is 5.97 Å². The smallest absolute Gasteiger partial charge is 0.342 e. The van der Waals surface area contributed by atoms with Crippen molar-refractivity contribution in [2.75, 3.05) is 18.6 Å². The SMILES string of the molecule is CCOC(=O)c1c(N(C)c2cncc(C)n2)c(C#N)c(=O)n2ccccc12. The van der Waals surface area contributed by atoms with Gasteiger partial charge in [-0.1, -0.05) is 6.07 Å². The van der Waals surface area contributed by atoms with Crippen molar-refractivity contribution in [3.8, 4) is 6.07 Å². The van der Waals surface area contributed by atoms with Gasteiger partial charge in [0.15, 0.2) is 5.82 Å². The van der Waals surface area contributed by atoms with E-state index in [1.807, 2.05) is 6.07 Å². The number of nitriles is 1. The van der Waals surface area contributed by atoms with Crippen molar-refractivity contribution in [2.24, 2.45) is 0 Å². The van der Waals surface area contributed by atoms with Crippen LogP contribution < -0.4 is 10.5 Å². The van der Waals surface area contributed by atoms with Crippen LogP contribution >= 0.6 is 0 Å². The van der Waals surface area contributed by atoms with Crippen LogP contribution in [0.25, 0.3) is 5.52 Å². The summed E-state index contributed by atoms with van der Waals surface area (Å²) in [5.74, 6) is -0.225. The van der Waals surface area contributed by atoms with Crippen molar-refractivity contribution < 1.29 is 9.53 Å². The first-order valence-electron chi connectivity index (χ1n) is 8.26. The number of anilines is 2. The molecule has 0 radical (unpaired) electrons. The molecule has 0 aliphatic carbocycles. The van der Waals surface area contributed by atoms with E-state index >= 15 is 0 Å². The van der Waals surface area contributed by atoms with Crippen molar-refractivity contribution in [1.29, 1.82) is 5.26 Å². The number of aryl methyl sites for hydroxylation is 1. The number of rotatable bonds is 4. The molecule has 0 amide bonds. The highest BCUT2D eigenvalue weighted by atomic mass is 16.5. The van der Waals surface area contributed by atoms with Gasteiger partial charge in [0.05, 0.1) is 29.7 Å². The van der Waals surface area contributed by atoms with Gasteiger partial charge < -0.3 is 9.64 Å². The Kier molecular flexibility index (Phi) is 4.86. The number of carbonyl (C=O) groups is 1. The highest BCUT2D eigenvalue weighted by Crippen LogP contribution is 2.31. The summed E-state index contributed by atoms with van der Waals surface area (Å²) in [5.41, 5.74) is 0.582. The van der Waals surface area contributed by atoms with Crippen molar-refractivity contribution in [2.45, 2.75) is 13.8 Å². The lowest BCUT2D eigenvalue weighted by Gasteiger charge is -2.23. The molecule has 0 aliphatic heterocycles. The first-order valence-corrected chi connectivity index (χ1v) is 8.26. The molecule has 3 rings (SSSR count). The molecule has 0 fully saturated rings. The Balaban J connectivity index is 2.42. The number of fused-ring (bicyclic) bond motifs is 1. The zero-order chi connectivity index (χ0) is 19.6. The maximum absolute atomic E-state index is 12.8. The van der Waals surface area contributed by atoms with Gasteiger partial charge in [-0.25, -0.2) is 9.78 Å². The number of carbonyl (C=O) groups excluding carboxylic acids is 1. The second-order valence-electron chi connectivity index (χ2n) is 5.77. The monoisotopic (exact) mass is 363 g/mol. The van der Waals surface area contributed by atoms with Gasteiger partial charge in [-0.15, -0.1) is 0 Å². The summed E-state index contributed by atoms with van der Waals surface area (Å²) < 4.78 is 6.47. The Bertz CT molecular complexity index is 1130. The van der Waals surface area contributed by atoms with Gasteiger partial charge in [0.1, 0.15) is 17.2 Å². The fourth-order valence-electron chi connectivity index (χ4n) is 2.86. The van der Waals surface area contributed by atoms with Crippen LogP contribution in [-0.4, -0.2) is 34.0 Å². The molecule has 27 heavy (non-hydrogen) atoms. The third-order valence-corrected chi connectivity index (χ3v) is 4.03. The van der Waals surface area contributed by atoms with E-state index in [4.69, 9.17) is 4.74 Å². The summed E-state index contributed by atoms with van der Waals surface area (Å²) in [6, 6.07) is 6.92. The zero-order valence-electron chi connectivity index (χ0n) is 15.1. The number of esters is 1. The van der Waals surface area contributed by atoms with Crippen LogP contribution in [0.5, 0.6) is 0 Å². The van der Waals surface area contributed by atoms with E-state index in [0.717, 1.165) is 0 Å². The van der Waals surface area contributed by atoms with Gasteiger partial charge in [-0.05, 0) is 26.0 Å². The molecule has 0 bridgehead atoms. The molecule has 8 heteroatoms. The molecular weight excluding hydrogens is 346 g/mol. The number of aromatic nitrogens is 3. The van der Waals surface area contributed by atoms with Crippen LogP contribution in [0.4, 0.5) is 11.5 Å². The maximum Gasteiger partial charge on any atom is 0.342 e. The van der Waals surface area contributed by atoms with Gasteiger partial charge in [-0.3, -0.25) is 14.2 Å². The number of hydrogen-bond acceptors (Lipinski definition) is 7. The number of nitrogens with zero attached hydrogens (tertiary/aromatic N) is 5. The first kappa shape index (κ1) is 18.1. The Morgan fingerprint density at radius 2 is 2.15 bits per heavy atom. The van der Waals surface area contributed by atoms with Crippen LogP contribution in [-0.2, 0) is 4.74 Å². The van der Waals surface area contributed by atoms with E-state index in [1.54, 1.807) is 45.3 Å². The number of pyridine rings is 2. The largest absolute Gasteiger partial charge is 0.462 e. The highest BCUT2D eigenvalue weighted by molar-refractivity contribution is 6.04. The molecule has 0 unspecified atom stereocenters. The lowest BCUT2D eigenvalue weighted by atomic mass is 10.1. The summed E-state index contributed by atoms with van der Waals surface area (Å²) >= 11 is 0. The Labute approximate surface area is 155 Å². The molecule has 0 N–H and O–H groups in total. The number of ether oxygens (including phenoxy) is 1. The zero-order valence-corrected chi connectivity index (χ0v) is 15.1. The van der Waals surface area contributed by atoms with Crippen LogP contribution in [0.1, 0.15) is 28.5 Å². The predicted molar refractivity (Wildman–Crippen MR) is 99.2 cm³/mol. The van der Waals surface area contributed by atoms with Crippen molar-refractivity contribution in [3.05, 3.63) is 64.0 Å². The molecule has 0 spiro atoms. The predicted octanol–water partition coefficient (Wildman–Crippen LogP) is 2.21. The number of hydrogen-bond donors (Lipinski definition) is 0. The van der Waals surface area contributed by atoms with Crippen LogP contribution in [0.2, 0.25) is 0 Å². The summed E-state index contributed by atoms with van der Waals surface area (Å²) in [7, 11) is 1.63. The van der Waals surface area contributed by atoms with Crippen LogP contribution in [0, 0.1) is 18.3 Å². The van der Waals surface area contributed by atoms with Gasteiger partial charge in [0.25, 0.3) is 5.56 Å². The molecule has 136 valence electrons. The average Bonchev–Trinajstić information content (AvgIpc) is 2.67. The minimum Gasteiger partial charge on any atom is -0.462 e. The molecule has 0 aliphatic rings. The fraction of sp³-hybridized carbons (Fsp3) is 0.211. The third-order valence-electron chi connectivity index (χ3n) is 4.03. The molecule has 3 heterocycles. The molecule has 0 aromatic carbocycles. The summed E-state index contributed by atoms with van der Waals surface area (Å²) in [5, 5.41) is 9.67. The first-order chi connectivity index (χ1) is 13.0. The normalized spacial score (nSPS) is 10.4. The molecule has 0 saturated heterocycles. The van der Waals surface area contributed by atoms with E-state index in [-0.39, 0.29) is 23.4 Å². The maximum atomic E-state index is 12.8. The van der Waals surface area contributed by atoms with Crippen LogP contribution in [0.15, 0.2) is 41.6 Å².